The number of benzene rings is 1. The molecule has 0 aromatic heterocycles. The molecule has 1 saturated carbocycles. The molecule has 2 aliphatic rings. The van der Waals surface area contributed by atoms with Crippen molar-refractivity contribution < 1.29 is 14.4 Å². The van der Waals surface area contributed by atoms with Crippen LogP contribution in [-0.4, -0.2) is 58.7 Å². The molecular formula is C18H23N3O3. The molecular weight excluding hydrogens is 306 g/mol. The van der Waals surface area contributed by atoms with Gasteiger partial charge in [0.05, 0.1) is 0 Å². The molecule has 1 saturated heterocycles. The first-order valence-electron chi connectivity index (χ1n) is 8.45. The van der Waals surface area contributed by atoms with Gasteiger partial charge in [0.15, 0.2) is 0 Å². The molecule has 4 amide bonds. The molecule has 0 atom stereocenters. The standard InChI is InChI=1S/C18H23N3O3/c1-19-13-17(23)20(18(19)24)11-5-8-16(22)21(15-9-10-15)12-14-6-3-2-4-7-14/h2-4,6-7,15H,5,8-13H2,1H3. The van der Waals surface area contributed by atoms with E-state index in [1.165, 1.54) is 9.80 Å². The van der Waals surface area contributed by atoms with E-state index >= 15 is 0 Å². The number of carbonyl (C=O) groups is 3. The molecule has 6 heteroatoms. The van der Waals surface area contributed by atoms with Gasteiger partial charge in [0.1, 0.15) is 6.54 Å². The molecule has 0 unspecified atom stereocenters. The summed E-state index contributed by atoms with van der Waals surface area (Å²) in [5, 5.41) is 0. The average molecular weight is 329 g/mol. The second kappa shape index (κ2) is 7.03. The molecule has 128 valence electrons. The van der Waals surface area contributed by atoms with Crippen molar-refractivity contribution in [3.63, 3.8) is 0 Å². The SMILES string of the molecule is CN1CC(=O)N(CCCC(=O)N(Cc2ccccc2)C2CC2)C1=O. The molecule has 3 rings (SSSR count). The maximum absolute atomic E-state index is 12.6. The lowest BCUT2D eigenvalue weighted by Gasteiger charge is -2.23. The molecule has 0 radical (unpaired) electrons. The molecule has 0 spiro atoms. The van der Waals surface area contributed by atoms with Gasteiger partial charge < -0.3 is 9.80 Å². The summed E-state index contributed by atoms with van der Waals surface area (Å²) in [6.45, 7) is 1.08. The van der Waals surface area contributed by atoms with Crippen molar-refractivity contribution in [3.05, 3.63) is 35.9 Å². The quantitative estimate of drug-likeness (QED) is 0.717. The van der Waals surface area contributed by atoms with E-state index in [1.54, 1.807) is 7.05 Å². The summed E-state index contributed by atoms with van der Waals surface area (Å²) in [7, 11) is 1.61. The highest BCUT2D eigenvalue weighted by atomic mass is 16.2. The lowest BCUT2D eigenvalue weighted by atomic mass is 10.2. The summed E-state index contributed by atoms with van der Waals surface area (Å²) in [6, 6.07) is 10.1. The first kappa shape index (κ1) is 16.5. The number of carbonyl (C=O) groups excluding carboxylic acids is 3. The third kappa shape index (κ3) is 3.75. The Balaban J connectivity index is 1.51. The Hall–Kier alpha value is -2.37. The van der Waals surface area contributed by atoms with E-state index in [-0.39, 0.29) is 24.4 Å². The molecule has 24 heavy (non-hydrogen) atoms. The monoisotopic (exact) mass is 329 g/mol. The highest BCUT2D eigenvalue weighted by Crippen LogP contribution is 2.29. The van der Waals surface area contributed by atoms with Crippen LogP contribution in [0.2, 0.25) is 0 Å². The number of rotatable bonds is 7. The smallest absolute Gasteiger partial charge is 0.326 e. The molecule has 2 fully saturated rings. The van der Waals surface area contributed by atoms with Gasteiger partial charge in [-0.2, -0.15) is 0 Å². The minimum atomic E-state index is -0.268. The number of amides is 4. The third-order valence-corrected chi connectivity index (χ3v) is 4.51. The molecule has 1 heterocycles. The van der Waals surface area contributed by atoms with E-state index in [0.717, 1.165) is 18.4 Å². The van der Waals surface area contributed by atoms with Gasteiger partial charge in [0.25, 0.3) is 0 Å². The molecule has 6 nitrogen and oxygen atoms in total. The number of imide groups is 1. The van der Waals surface area contributed by atoms with Crippen LogP contribution in [0.25, 0.3) is 0 Å². The van der Waals surface area contributed by atoms with Crippen LogP contribution in [0.1, 0.15) is 31.2 Å². The van der Waals surface area contributed by atoms with Crippen LogP contribution < -0.4 is 0 Å². The van der Waals surface area contributed by atoms with E-state index in [2.05, 4.69) is 0 Å². The highest BCUT2D eigenvalue weighted by Gasteiger charge is 2.34. The van der Waals surface area contributed by atoms with Crippen LogP contribution >= 0.6 is 0 Å². The van der Waals surface area contributed by atoms with E-state index < -0.39 is 0 Å². The largest absolute Gasteiger partial charge is 0.335 e. The Morgan fingerprint density at radius 1 is 1.21 bits per heavy atom. The number of nitrogens with zero attached hydrogens (tertiary/aromatic N) is 3. The Morgan fingerprint density at radius 2 is 1.92 bits per heavy atom. The predicted octanol–water partition coefficient (Wildman–Crippen LogP) is 1.85. The maximum Gasteiger partial charge on any atom is 0.326 e. The number of likely N-dealkylation sites (N-methyl/N-ethyl adjacent to an activating group) is 1. The van der Waals surface area contributed by atoms with Gasteiger partial charge in [-0.25, -0.2) is 4.79 Å². The maximum atomic E-state index is 12.6. The van der Waals surface area contributed by atoms with Crippen LogP contribution in [-0.2, 0) is 16.1 Å². The van der Waals surface area contributed by atoms with Crippen molar-refractivity contribution >= 4 is 17.8 Å². The Morgan fingerprint density at radius 3 is 2.50 bits per heavy atom. The Kier molecular flexibility index (Phi) is 4.83. The number of hydrogen-bond acceptors (Lipinski definition) is 3. The average Bonchev–Trinajstić information content (AvgIpc) is 3.37. The summed E-state index contributed by atoms with van der Waals surface area (Å²) < 4.78 is 0. The van der Waals surface area contributed by atoms with Crippen LogP contribution in [0.4, 0.5) is 4.79 Å². The van der Waals surface area contributed by atoms with Crippen LogP contribution in [0.15, 0.2) is 30.3 Å². The molecule has 1 aromatic carbocycles. The normalized spacial score (nSPS) is 17.5. The molecule has 1 aliphatic carbocycles. The molecule has 1 aromatic rings. The lowest BCUT2D eigenvalue weighted by Crippen LogP contribution is -2.35. The van der Waals surface area contributed by atoms with Crippen molar-refractivity contribution in [1.29, 1.82) is 0 Å². The van der Waals surface area contributed by atoms with Crippen LogP contribution in [0, 0.1) is 0 Å². The van der Waals surface area contributed by atoms with Gasteiger partial charge in [-0.05, 0) is 24.8 Å². The van der Waals surface area contributed by atoms with Crippen molar-refractivity contribution in [2.75, 3.05) is 20.1 Å². The van der Waals surface area contributed by atoms with Gasteiger partial charge in [-0.3, -0.25) is 14.5 Å². The Bertz CT molecular complexity index is 628. The van der Waals surface area contributed by atoms with E-state index in [0.29, 0.717) is 32.0 Å². The van der Waals surface area contributed by atoms with Crippen molar-refractivity contribution in [2.45, 2.75) is 38.3 Å². The van der Waals surface area contributed by atoms with Crippen LogP contribution in [0.5, 0.6) is 0 Å². The van der Waals surface area contributed by atoms with Gasteiger partial charge in [-0.1, -0.05) is 30.3 Å². The number of urea groups is 1. The lowest BCUT2D eigenvalue weighted by molar-refractivity contribution is -0.133. The minimum Gasteiger partial charge on any atom is -0.335 e. The van der Waals surface area contributed by atoms with E-state index in [9.17, 15) is 14.4 Å². The Labute approximate surface area is 142 Å². The highest BCUT2D eigenvalue weighted by molar-refractivity contribution is 6.01. The third-order valence-electron chi connectivity index (χ3n) is 4.51. The van der Waals surface area contributed by atoms with Crippen molar-refractivity contribution in [3.8, 4) is 0 Å². The summed E-state index contributed by atoms with van der Waals surface area (Å²) >= 11 is 0. The zero-order valence-corrected chi connectivity index (χ0v) is 14.0. The van der Waals surface area contributed by atoms with Crippen molar-refractivity contribution in [2.24, 2.45) is 0 Å². The zero-order chi connectivity index (χ0) is 17.1. The second-order valence-corrected chi connectivity index (χ2v) is 6.53. The van der Waals surface area contributed by atoms with Crippen molar-refractivity contribution in [1.82, 2.24) is 14.7 Å². The minimum absolute atomic E-state index is 0.105. The summed E-state index contributed by atoms with van der Waals surface area (Å²) in [6.07, 6.45) is 3.01. The topological polar surface area (TPSA) is 60.9 Å². The predicted molar refractivity (Wildman–Crippen MR) is 89.0 cm³/mol. The molecule has 1 aliphatic heterocycles. The van der Waals surface area contributed by atoms with Crippen LogP contribution in [0.3, 0.4) is 0 Å². The summed E-state index contributed by atoms with van der Waals surface area (Å²) in [5.74, 6) is -0.0768. The van der Waals surface area contributed by atoms with E-state index in [1.807, 2.05) is 35.2 Å². The fraction of sp³-hybridized carbons (Fsp3) is 0.500. The first-order valence-corrected chi connectivity index (χ1v) is 8.45. The second-order valence-electron chi connectivity index (χ2n) is 6.53. The first-order chi connectivity index (χ1) is 11.6. The van der Waals surface area contributed by atoms with Gasteiger partial charge >= 0.3 is 6.03 Å². The fourth-order valence-corrected chi connectivity index (χ4v) is 3.01. The van der Waals surface area contributed by atoms with Gasteiger partial charge in [-0.15, -0.1) is 0 Å². The van der Waals surface area contributed by atoms with Gasteiger partial charge in [0.2, 0.25) is 11.8 Å². The molecule has 0 bridgehead atoms. The summed E-state index contributed by atoms with van der Waals surface area (Å²) in [5.41, 5.74) is 1.13. The summed E-state index contributed by atoms with van der Waals surface area (Å²) in [4.78, 5) is 40.7. The van der Waals surface area contributed by atoms with Gasteiger partial charge in [0, 0.05) is 32.6 Å². The fourth-order valence-electron chi connectivity index (χ4n) is 3.01. The molecule has 0 N–H and O–H groups in total. The zero-order valence-electron chi connectivity index (χ0n) is 14.0. The number of hydrogen-bond donors (Lipinski definition) is 0. The van der Waals surface area contributed by atoms with E-state index in [4.69, 9.17) is 0 Å².